The summed E-state index contributed by atoms with van der Waals surface area (Å²) in [6, 6.07) is 0. The lowest BCUT2D eigenvalue weighted by Crippen LogP contribution is -2.51. The van der Waals surface area contributed by atoms with Crippen molar-refractivity contribution in [1.29, 1.82) is 0 Å². The van der Waals surface area contributed by atoms with E-state index in [1.54, 1.807) is 18.6 Å². The molecule has 3 rings (SSSR count). The smallest absolute Gasteiger partial charge is 0.242 e. The molecular formula is C18H29N5O. The maximum absolute atomic E-state index is 12.5. The predicted octanol–water partition coefficient (Wildman–Crippen LogP) is 1.64. The van der Waals surface area contributed by atoms with Crippen molar-refractivity contribution in [3.05, 3.63) is 18.6 Å². The van der Waals surface area contributed by atoms with Crippen molar-refractivity contribution in [2.75, 3.05) is 51.2 Å². The first-order valence-electron chi connectivity index (χ1n) is 9.19. The number of carbonyl (C=O) groups excluding carboxylic acids is 1. The summed E-state index contributed by atoms with van der Waals surface area (Å²) in [6.45, 7) is 5.30. The third-order valence-corrected chi connectivity index (χ3v) is 5.28. The fourth-order valence-electron chi connectivity index (χ4n) is 3.79. The van der Waals surface area contributed by atoms with Crippen LogP contribution in [0.3, 0.4) is 0 Å². The summed E-state index contributed by atoms with van der Waals surface area (Å²) in [4.78, 5) is 27.2. The normalized spacial score (nSPS) is 20.1. The number of amides is 1. The van der Waals surface area contributed by atoms with Gasteiger partial charge in [0.25, 0.3) is 0 Å². The Kier molecular flexibility index (Phi) is 6.01. The van der Waals surface area contributed by atoms with Crippen molar-refractivity contribution in [2.45, 2.75) is 32.1 Å². The molecule has 2 heterocycles. The Morgan fingerprint density at radius 2 is 1.92 bits per heavy atom. The molecule has 1 aromatic rings. The van der Waals surface area contributed by atoms with Gasteiger partial charge < -0.3 is 9.80 Å². The van der Waals surface area contributed by atoms with E-state index >= 15 is 0 Å². The van der Waals surface area contributed by atoms with Gasteiger partial charge in [-0.05, 0) is 18.8 Å². The minimum atomic E-state index is 0.181. The first kappa shape index (κ1) is 17.1. The van der Waals surface area contributed by atoms with E-state index in [4.69, 9.17) is 0 Å². The molecule has 1 aromatic heterocycles. The number of hydrogen-bond donors (Lipinski definition) is 0. The number of anilines is 1. The highest BCUT2D eigenvalue weighted by molar-refractivity contribution is 5.81. The van der Waals surface area contributed by atoms with Gasteiger partial charge in [-0.1, -0.05) is 19.3 Å². The van der Waals surface area contributed by atoms with E-state index < -0.39 is 0 Å². The first-order chi connectivity index (χ1) is 11.7. The van der Waals surface area contributed by atoms with Crippen LogP contribution in [0.15, 0.2) is 18.6 Å². The Morgan fingerprint density at radius 3 is 2.58 bits per heavy atom. The number of rotatable bonds is 5. The van der Waals surface area contributed by atoms with Gasteiger partial charge in [-0.3, -0.25) is 14.7 Å². The van der Waals surface area contributed by atoms with Gasteiger partial charge in [-0.25, -0.2) is 4.98 Å². The fourth-order valence-corrected chi connectivity index (χ4v) is 3.79. The second-order valence-corrected chi connectivity index (χ2v) is 7.11. The van der Waals surface area contributed by atoms with Crippen molar-refractivity contribution < 1.29 is 4.79 Å². The second-order valence-electron chi connectivity index (χ2n) is 7.11. The number of aromatic nitrogens is 2. The summed E-state index contributed by atoms with van der Waals surface area (Å²) >= 11 is 0. The molecule has 2 aliphatic rings. The zero-order valence-electron chi connectivity index (χ0n) is 14.7. The summed E-state index contributed by atoms with van der Waals surface area (Å²) in [7, 11) is 1.89. The summed E-state index contributed by atoms with van der Waals surface area (Å²) in [5.74, 6) is 1.80. The Hall–Kier alpha value is -1.69. The van der Waals surface area contributed by atoms with Crippen molar-refractivity contribution in [3.63, 3.8) is 0 Å². The molecule has 1 saturated carbocycles. The predicted molar refractivity (Wildman–Crippen MR) is 94.9 cm³/mol. The molecule has 24 heavy (non-hydrogen) atoms. The van der Waals surface area contributed by atoms with Crippen molar-refractivity contribution in [2.24, 2.45) is 5.92 Å². The van der Waals surface area contributed by atoms with Crippen LogP contribution in [0.1, 0.15) is 32.1 Å². The van der Waals surface area contributed by atoms with Gasteiger partial charge in [0.15, 0.2) is 0 Å². The lowest BCUT2D eigenvalue weighted by Gasteiger charge is -2.37. The third kappa shape index (κ3) is 4.66. The zero-order valence-corrected chi connectivity index (χ0v) is 14.7. The summed E-state index contributed by atoms with van der Waals surface area (Å²) in [6.07, 6.45) is 12.0. The molecule has 1 aliphatic carbocycles. The quantitative estimate of drug-likeness (QED) is 0.821. The molecular weight excluding hydrogens is 302 g/mol. The first-order valence-corrected chi connectivity index (χ1v) is 9.19. The van der Waals surface area contributed by atoms with Crippen LogP contribution in [-0.2, 0) is 4.79 Å². The van der Waals surface area contributed by atoms with E-state index in [0.717, 1.165) is 37.9 Å². The fraction of sp³-hybridized carbons (Fsp3) is 0.722. The number of nitrogens with zero attached hydrogens (tertiary/aromatic N) is 5. The average Bonchev–Trinajstić information content (AvgIpc) is 2.64. The molecule has 6 heteroatoms. The Bertz CT molecular complexity index is 509. The molecule has 0 aromatic carbocycles. The van der Waals surface area contributed by atoms with Crippen LogP contribution in [0.25, 0.3) is 0 Å². The number of likely N-dealkylation sites (N-methyl/N-ethyl adjacent to an activating group) is 1. The van der Waals surface area contributed by atoms with E-state index in [1.807, 2.05) is 16.8 Å². The van der Waals surface area contributed by atoms with Gasteiger partial charge in [0.05, 0.1) is 12.7 Å². The zero-order chi connectivity index (χ0) is 16.8. The third-order valence-electron chi connectivity index (χ3n) is 5.28. The van der Waals surface area contributed by atoms with Crippen LogP contribution in [-0.4, -0.2) is 72.0 Å². The molecule has 0 atom stereocenters. The Labute approximate surface area is 144 Å². The Morgan fingerprint density at radius 1 is 1.17 bits per heavy atom. The maximum Gasteiger partial charge on any atom is 0.242 e. The van der Waals surface area contributed by atoms with Crippen LogP contribution in [0.4, 0.5) is 5.82 Å². The van der Waals surface area contributed by atoms with Crippen LogP contribution in [0, 0.1) is 5.92 Å². The lowest BCUT2D eigenvalue weighted by atomic mass is 9.89. The lowest BCUT2D eigenvalue weighted by molar-refractivity contribution is -0.131. The standard InChI is InChI=1S/C18H29N5O/c1-21(17-13-19-7-8-20-17)15-18(24)23-11-9-22(10-12-23)14-16-5-3-2-4-6-16/h7-8,13,16H,2-6,9-12,14-15H2,1H3. The van der Waals surface area contributed by atoms with Crippen LogP contribution in [0.5, 0.6) is 0 Å². The molecule has 6 nitrogen and oxygen atoms in total. The van der Waals surface area contributed by atoms with Crippen molar-refractivity contribution >= 4 is 11.7 Å². The topological polar surface area (TPSA) is 52.6 Å². The van der Waals surface area contributed by atoms with E-state index in [2.05, 4.69) is 14.9 Å². The largest absolute Gasteiger partial charge is 0.349 e. The molecule has 0 unspecified atom stereocenters. The number of carbonyl (C=O) groups is 1. The molecule has 0 N–H and O–H groups in total. The summed E-state index contributed by atoms with van der Waals surface area (Å²) in [5, 5.41) is 0. The summed E-state index contributed by atoms with van der Waals surface area (Å²) in [5.41, 5.74) is 0. The van der Waals surface area contributed by atoms with Gasteiger partial charge >= 0.3 is 0 Å². The molecule has 2 fully saturated rings. The van der Waals surface area contributed by atoms with E-state index in [1.165, 1.54) is 38.6 Å². The van der Waals surface area contributed by atoms with Gasteiger partial charge in [0.2, 0.25) is 5.91 Å². The van der Waals surface area contributed by atoms with Crippen LogP contribution < -0.4 is 4.90 Å². The van der Waals surface area contributed by atoms with Gasteiger partial charge in [-0.15, -0.1) is 0 Å². The highest BCUT2D eigenvalue weighted by atomic mass is 16.2. The maximum atomic E-state index is 12.5. The monoisotopic (exact) mass is 331 g/mol. The minimum Gasteiger partial charge on any atom is -0.349 e. The van der Waals surface area contributed by atoms with E-state index in [-0.39, 0.29) is 5.91 Å². The van der Waals surface area contributed by atoms with Crippen LogP contribution >= 0.6 is 0 Å². The van der Waals surface area contributed by atoms with Crippen molar-refractivity contribution in [1.82, 2.24) is 19.8 Å². The molecule has 1 saturated heterocycles. The van der Waals surface area contributed by atoms with Crippen molar-refractivity contribution in [3.8, 4) is 0 Å². The van der Waals surface area contributed by atoms with E-state index in [0.29, 0.717) is 6.54 Å². The number of hydrogen-bond acceptors (Lipinski definition) is 5. The highest BCUT2D eigenvalue weighted by Gasteiger charge is 2.24. The van der Waals surface area contributed by atoms with Gasteiger partial charge in [-0.2, -0.15) is 0 Å². The summed E-state index contributed by atoms with van der Waals surface area (Å²) < 4.78 is 0. The molecule has 0 bridgehead atoms. The second kappa shape index (κ2) is 8.42. The van der Waals surface area contributed by atoms with E-state index in [9.17, 15) is 4.79 Å². The minimum absolute atomic E-state index is 0.181. The van der Waals surface area contributed by atoms with Gasteiger partial charge in [0.1, 0.15) is 5.82 Å². The number of piperazine rings is 1. The highest BCUT2D eigenvalue weighted by Crippen LogP contribution is 2.24. The molecule has 132 valence electrons. The van der Waals surface area contributed by atoms with Crippen LogP contribution in [0.2, 0.25) is 0 Å². The molecule has 0 radical (unpaired) electrons. The molecule has 0 spiro atoms. The Balaban J connectivity index is 1.41. The van der Waals surface area contributed by atoms with Gasteiger partial charge in [0, 0.05) is 52.2 Å². The molecule has 1 aliphatic heterocycles. The molecule has 1 amide bonds. The SMILES string of the molecule is CN(CC(=O)N1CCN(CC2CCCCC2)CC1)c1cnccn1. The average molecular weight is 331 g/mol.